The van der Waals surface area contributed by atoms with Crippen LogP contribution in [0.25, 0.3) is 0 Å². The van der Waals surface area contributed by atoms with Gasteiger partial charge in [0.25, 0.3) is 0 Å². The molecule has 82 valence electrons. The van der Waals surface area contributed by atoms with Crippen LogP contribution in [0.5, 0.6) is 5.75 Å². The van der Waals surface area contributed by atoms with Gasteiger partial charge in [-0.2, -0.15) is 0 Å². The Morgan fingerprint density at radius 3 is 2.87 bits per heavy atom. The minimum Gasteiger partial charge on any atom is -0.491 e. The summed E-state index contributed by atoms with van der Waals surface area (Å²) in [4.78, 5) is 10.7. The number of rotatable bonds is 5. The average Bonchev–Trinajstić information content (AvgIpc) is 2.21. The highest BCUT2D eigenvalue weighted by Crippen LogP contribution is 2.22. The van der Waals surface area contributed by atoms with Gasteiger partial charge in [0, 0.05) is 10.0 Å². The first kappa shape index (κ1) is 12.2. The molecule has 0 bridgehead atoms. The first-order valence-electron chi connectivity index (χ1n) is 5.08. The van der Waals surface area contributed by atoms with Crippen LogP contribution in [0.15, 0.2) is 22.7 Å². The second-order valence-corrected chi connectivity index (χ2v) is 4.37. The van der Waals surface area contributed by atoms with Gasteiger partial charge in [-0.25, -0.2) is 0 Å². The van der Waals surface area contributed by atoms with Crippen molar-refractivity contribution >= 4 is 22.2 Å². The molecule has 0 aliphatic heterocycles. The Morgan fingerprint density at radius 2 is 2.27 bits per heavy atom. The normalized spacial score (nSPS) is 12.2. The number of aldehydes is 1. The van der Waals surface area contributed by atoms with E-state index in [1.165, 1.54) is 0 Å². The zero-order valence-electron chi connectivity index (χ0n) is 9.00. The molecular weight excluding hydrogens is 256 g/mol. The minimum absolute atomic E-state index is 0.190. The fourth-order valence-corrected chi connectivity index (χ4v) is 1.72. The topological polar surface area (TPSA) is 26.3 Å². The molecule has 0 spiro atoms. The van der Waals surface area contributed by atoms with Gasteiger partial charge in [0.2, 0.25) is 0 Å². The Bertz CT molecular complexity index is 336. The van der Waals surface area contributed by atoms with Gasteiger partial charge < -0.3 is 4.74 Å². The predicted molar refractivity (Wildman–Crippen MR) is 64.5 cm³/mol. The monoisotopic (exact) mass is 270 g/mol. The zero-order valence-corrected chi connectivity index (χ0v) is 10.6. The summed E-state index contributed by atoms with van der Waals surface area (Å²) in [7, 11) is 0. The molecule has 1 unspecified atom stereocenters. The number of hydrogen-bond donors (Lipinski definition) is 0. The molecule has 0 heterocycles. The lowest BCUT2D eigenvalue weighted by Gasteiger charge is -2.14. The standard InChI is InChI=1S/C12H15BrO2/c1-3-4-9(2)15-11-5-6-12(13)10(7-11)8-14/h5-9H,3-4H2,1-2H3. The highest BCUT2D eigenvalue weighted by molar-refractivity contribution is 9.10. The molecular formula is C12H15BrO2. The maximum atomic E-state index is 10.7. The van der Waals surface area contributed by atoms with Crippen molar-refractivity contribution in [3.63, 3.8) is 0 Å². The van der Waals surface area contributed by atoms with E-state index in [2.05, 4.69) is 22.9 Å². The van der Waals surface area contributed by atoms with Crippen LogP contribution in [0, 0.1) is 0 Å². The fourth-order valence-electron chi connectivity index (χ4n) is 1.38. The molecule has 1 aromatic rings. The van der Waals surface area contributed by atoms with Crippen molar-refractivity contribution in [2.45, 2.75) is 32.8 Å². The van der Waals surface area contributed by atoms with Gasteiger partial charge >= 0.3 is 0 Å². The van der Waals surface area contributed by atoms with Gasteiger partial charge in [-0.05, 0) is 31.5 Å². The Hall–Kier alpha value is -0.830. The number of benzene rings is 1. The van der Waals surface area contributed by atoms with E-state index in [9.17, 15) is 4.79 Å². The van der Waals surface area contributed by atoms with E-state index in [0.717, 1.165) is 29.4 Å². The van der Waals surface area contributed by atoms with E-state index >= 15 is 0 Å². The van der Waals surface area contributed by atoms with E-state index in [4.69, 9.17) is 4.74 Å². The molecule has 0 saturated heterocycles. The van der Waals surface area contributed by atoms with Crippen molar-refractivity contribution in [3.05, 3.63) is 28.2 Å². The Morgan fingerprint density at radius 1 is 1.53 bits per heavy atom. The number of ether oxygens (including phenoxy) is 1. The van der Waals surface area contributed by atoms with Crippen molar-refractivity contribution in [2.75, 3.05) is 0 Å². The number of carbonyl (C=O) groups excluding carboxylic acids is 1. The van der Waals surface area contributed by atoms with Crippen molar-refractivity contribution in [2.24, 2.45) is 0 Å². The van der Waals surface area contributed by atoms with E-state index in [1.54, 1.807) is 6.07 Å². The third-order valence-electron chi connectivity index (χ3n) is 2.13. The smallest absolute Gasteiger partial charge is 0.151 e. The van der Waals surface area contributed by atoms with Crippen LogP contribution >= 0.6 is 15.9 Å². The van der Waals surface area contributed by atoms with Crippen LogP contribution in [0.3, 0.4) is 0 Å². The summed E-state index contributed by atoms with van der Waals surface area (Å²) < 4.78 is 6.47. The summed E-state index contributed by atoms with van der Waals surface area (Å²) in [5.41, 5.74) is 0.621. The van der Waals surface area contributed by atoms with Gasteiger partial charge in [0.15, 0.2) is 6.29 Å². The lowest BCUT2D eigenvalue weighted by molar-refractivity contribution is 0.112. The van der Waals surface area contributed by atoms with E-state index in [1.807, 2.05) is 19.1 Å². The molecule has 0 aliphatic rings. The molecule has 0 radical (unpaired) electrons. The number of carbonyl (C=O) groups is 1. The van der Waals surface area contributed by atoms with Gasteiger partial charge in [-0.1, -0.05) is 29.3 Å². The highest BCUT2D eigenvalue weighted by Gasteiger charge is 2.05. The summed E-state index contributed by atoms with van der Waals surface area (Å²) in [5, 5.41) is 0. The van der Waals surface area contributed by atoms with Crippen LogP contribution in [0.2, 0.25) is 0 Å². The fraction of sp³-hybridized carbons (Fsp3) is 0.417. The Balaban J connectivity index is 2.73. The molecule has 0 saturated carbocycles. The lowest BCUT2D eigenvalue weighted by Crippen LogP contribution is -2.11. The maximum Gasteiger partial charge on any atom is 0.151 e. The van der Waals surface area contributed by atoms with Crippen molar-refractivity contribution in [1.29, 1.82) is 0 Å². The third kappa shape index (κ3) is 3.67. The lowest BCUT2D eigenvalue weighted by atomic mass is 10.2. The third-order valence-corrected chi connectivity index (χ3v) is 2.85. The molecule has 1 atom stereocenters. The quantitative estimate of drug-likeness (QED) is 0.761. The maximum absolute atomic E-state index is 10.7. The molecule has 15 heavy (non-hydrogen) atoms. The van der Waals surface area contributed by atoms with Gasteiger partial charge in [-0.3, -0.25) is 4.79 Å². The van der Waals surface area contributed by atoms with Crippen LogP contribution < -0.4 is 4.74 Å². The van der Waals surface area contributed by atoms with Crippen molar-refractivity contribution in [1.82, 2.24) is 0 Å². The average molecular weight is 271 g/mol. The Kier molecular flexibility index (Phi) is 4.82. The number of hydrogen-bond acceptors (Lipinski definition) is 2. The summed E-state index contributed by atoms with van der Waals surface area (Å²) in [6.07, 6.45) is 3.13. The van der Waals surface area contributed by atoms with Crippen LogP contribution in [-0.2, 0) is 0 Å². The molecule has 3 heteroatoms. The first-order chi connectivity index (χ1) is 7.17. The summed E-state index contributed by atoms with van der Waals surface area (Å²) in [6, 6.07) is 5.45. The zero-order chi connectivity index (χ0) is 11.3. The van der Waals surface area contributed by atoms with Gasteiger partial charge in [0.05, 0.1) is 6.10 Å². The molecule has 0 N–H and O–H groups in total. The largest absolute Gasteiger partial charge is 0.491 e. The van der Waals surface area contributed by atoms with Crippen molar-refractivity contribution < 1.29 is 9.53 Å². The van der Waals surface area contributed by atoms with E-state index in [-0.39, 0.29) is 6.10 Å². The molecule has 0 amide bonds. The molecule has 1 aromatic carbocycles. The number of halogens is 1. The highest BCUT2D eigenvalue weighted by atomic mass is 79.9. The molecule has 0 fully saturated rings. The second kappa shape index (κ2) is 5.91. The van der Waals surface area contributed by atoms with E-state index in [0.29, 0.717) is 5.56 Å². The SMILES string of the molecule is CCCC(C)Oc1ccc(Br)c(C=O)c1. The van der Waals surface area contributed by atoms with Gasteiger partial charge in [0.1, 0.15) is 5.75 Å². The van der Waals surface area contributed by atoms with Crippen LogP contribution in [-0.4, -0.2) is 12.4 Å². The van der Waals surface area contributed by atoms with E-state index < -0.39 is 0 Å². The predicted octanol–water partition coefficient (Wildman–Crippen LogP) is 3.83. The first-order valence-corrected chi connectivity index (χ1v) is 5.88. The van der Waals surface area contributed by atoms with Crippen LogP contribution in [0.1, 0.15) is 37.0 Å². The molecule has 0 aromatic heterocycles. The summed E-state index contributed by atoms with van der Waals surface area (Å²) in [5.74, 6) is 0.751. The van der Waals surface area contributed by atoms with Crippen LogP contribution in [0.4, 0.5) is 0 Å². The molecule has 1 rings (SSSR count). The molecule has 2 nitrogen and oxygen atoms in total. The van der Waals surface area contributed by atoms with Gasteiger partial charge in [-0.15, -0.1) is 0 Å². The summed E-state index contributed by atoms with van der Waals surface area (Å²) >= 11 is 3.30. The second-order valence-electron chi connectivity index (χ2n) is 3.52. The Labute approximate surface area is 98.8 Å². The molecule has 0 aliphatic carbocycles. The minimum atomic E-state index is 0.190. The van der Waals surface area contributed by atoms with Crippen molar-refractivity contribution in [3.8, 4) is 5.75 Å². The summed E-state index contributed by atoms with van der Waals surface area (Å²) in [6.45, 7) is 4.16.